The lowest BCUT2D eigenvalue weighted by molar-refractivity contribution is 0.185. The van der Waals surface area contributed by atoms with Crippen LogP contribution in [0.25, 0.3) is 0 Å². The molecule has 0 fully saturated rings. The van der Waals surface area contributed by atoms with Crippen molar-refractivity contribution in [3.05, 3.63) is 35.4 Å². The largest absolute Gasteiger partial charge is 0.385 e. The zero-order valence-corrected chi connectivity index (χ0v) is 13.0. The van der Waals surface area contributed by atoms with Gasteiger partial charge in [-0.3, -0.25) is 0 Å². The van der Waals surface area contributed by atoms with Crippen LogP contribution in [0.4, 0.5) is 0 Å². The normalized spacial score (nSPS) is 10.9. The summed E-state index contributed by atoms with van der Waals surface area (Å²) in [7, 11) is 3.50. The SMILES string of the molecule is COCCCCCCCNCc1ccc(COC)cc1. The van der Waals surface area contributed by atoms with Crippen LogP contribution in [0.1, 0.15) is 43.2 Å². The van der Waals surface area contributed by atoms with Crippen LogP contribution in [0, 0.1) is 0 Å². The maximum Gasteiger partial charge on any atom is 0.0713 e. The van der Waals surface area contributed by atoms with Crippen molar-refractivity contribution >= 4 is 0 Å². The van der Waals surface area contributed by atoms with E-state index in [0.29, 0.717) is 6.61 Å². The lowest BCUT2D eigenvalue weighted by Gasteiger charge is -2.06. The molecule has 3 nitrogen and oxygen atoms in total. The summed E-state index contributed by atoms with van der Waals surface area (Å²) in [5, 5.41) is 3.50. The van der Waals surface area contributed by atoms with E-state index >= 15 is 0 Å². The summed E-state index contributed by atoms with van der Waals surface area (Å²) in [4.78, 5) is 0. The van der Waals surface area contributed by atoms with E-state index in [-0.39, 0.29) is 0 Å². The Hall–Kier alpha value is -0.900. The van der Waals surface area contributed by atoms with Gasteiger partial charge >= 0.3 is 0 Å². The maximum atomic E-state index is 5.10. The van der Waals surface area contributed by atoms with E-state index < -0.39 is 0 Å². The first-order valence-corrected chi connectivity index (χ1v) is 7.63. The van der Waals surface area contributed by atoms with Gasteiger partial charge in [0.2, 0.25) is 0 Å². The summed E-state index contributed by atoms with van der Waals surface area (Å²) in [6.45, 7) is 3.65. The summed E-state index contributed by atoms with van der Waals surface area (Å²) in [6.07, 6.45) is 6.36. The first-order chi connectivity index (χ1) is 9.86. The Morgan fingerprint density at radius 2 is 1.45 bits per heavy atom. The standard InChI is InChI=1S/C17H29NO2/c1-19-13-7-5-3-4-6-12-18-14-16-8-10-17(11-9-16)15-20-2/h8-11,18H,3-7,12-15H2,1-2H3. The number of hydrogen-bond acceptors (Lipinski definition) is 3. The topological polar surface area (TPSA) is 30.5 Å². The van der Waals surface area contributed by atoms with Gasteiger partial charge in [0.25, 0.3) is 0 Å². The first kappa shape index (κ1) is 17.2. The molecule has 0 aliphatic heterocycles. The van der Waals surface area contributed by atoms with Gasteiger partial charge in [-0.1, -0.05) is 43.5 Å². The first-order valence-electron chi connectivity index (χ1n) is 7.63. The fourth-order valence-corrected chi connectivity index (χ4v) is 2.18. The van der Waals surface area contributed by atoms with Gasteiger partial charge in [-0.25, -0.2) is 0 Å². The number of ether oxygens (including phenoxy) is 2. The van der Waals surface area contributed by atoms with Crippen LogP contribution >= 0.6 is 0 Å². The summed E-state index contributed by atoms with van der Waals surface area (Å²) >= 11 is 0. The zero-order valence-electron chi connectivity index (χ0n) is 13.0. The highest BCUT2D eigenvalue weighted by atomic mass is 16.5. The van der Waals surface area contributed by atoms with Crippen LogP contribution in [-0.2, 0) is 22.6 Å². The van der Waals surface area contributed by atoms with E-state index in [4.69, 9.17) is 9.47 Å². The summed E-state index contributed by atoms with van der Waals surface area (Å²) in [5.41, 5.74) is 2.57. The van der Waals surface area contributed by atoms with Crippen molar-refractivity contribution < 1.29 is 9.47 Å². The van der Waals surface area contributed by atoms with Gasteiger partial charge in [0.05, 0.1) is 6.61 Å². The molecule has 0 aliphatic carbocycles. The molecule has 0 atom stereocenters. The van der Waals surface area contributed by atoms with E-state index in [2.05, 4.69) is 29.6 Å². The molecule has 0 aliphatic rings. The lowest BCUT2D eigenvalue weighted by atomic mass is 10.1. The third-order valence-corrected chi connectivity index (χ3v) is 3.37. The summed E-state index contributed by atoms with van der Waals surface area (Å²) < 4.78 is 10.1. The molecule has 0 bridgehead atoms. The molecule has 1 N–H and O–H groups in total. The van der Waals surface area contributed by atoms with Gasteiger partial charge in [0.1, 0.15) is 0 Å². The molecule has 114 valence electrons. The van der Waals surface area contributed by atoms with Gasteiger partial charge in [-0.15, -0.1) is 0 Å². The zero-order chi connectivity index (χ0) is 14.5. The third-order valence-electron chi connectivity index (χ3n) is 3.37. The Balaban J connectivity index is 1.98. The minimum atomic E-state index is 0.691. The van der Waals surface area contributed by atoms with Crippen molar-refractivity contribution in [3.63, 3.8) is 0 Å². The van der Waals surface area contributed by atoms with Gasteiger partial charge in [-0.2, -0.15) is 0 Å². The monoisotopic (exact) mass is 279 g/mol. The molecule has 0 heterocycles. The van der Waals surface area contributed by atoms with E-state index in [0.717, 1.165) is 19.7 Å². The predicted molar refractivity (Wildman–Crippen MR) is 83.8 cm³/mol. The van der Waals surface area contributed by atoms with E-state index in [1.165, 1.54) is 43.2 Å². The van der Waals surface area contributed by atoms with Crippen LogP contribution < -0.4 is 5.32 Å². The highest BCUT2D eigenvalue weighted by Gasteiger charge is 1.95. The van der Waals surface area contributed by atoms with Crippen LogP contribution in [0.15, 0.2) is 24.3 Å². The molecule has 0 unspecified atom stereocenters. The molecule has 1 aromatic rings. The quantitative estimate of drug-likeness (QED) is 0.594. The Kier molecular flexibility index (Phi) is 10.2. The molecule has 0 saturated carbocycles. The van der Waals surface area contributed by atoms with Crippen LogP contribution in [-0.4, -0.2) is 27.4 Å². The number of unbranched alkanes of at least 4 members (excludes halogenated alkanes) is 4. The molecule has 1 rings (SSSR count). The molecule has 0 radical (unpaired) electrons. The van der Waals surface area contributed by atoms with Crippen LogP contribution in [0.2, 0.25) is 0 Å². The predicted octanol–water partition coefficient (Wildman–Crippen LogP) is 3.52. The van der Waals surface area contributed by atoms with Crippen molar-refractivity contribution in [2.75, 3.05) is 27.4 Å². The molecule has 0 aromatic heterocycles. The fraction of sp³-hybridized carbons (Fsp3) is 0.647. The van der Waals surface area contributed by atoms with Gasteiger partial charge in [-0.05, 0) is 30.5 Å². The Morgan fingerprint density at radius 1 is 0.800 bits per heavy atom. The highest BCUT2D eigenvalue weighted by Crippen LogP contribution is 2.06. The molecular weight excluding hydrogens is 250 g/mol. The van der Waals surface area contributed by atoms with E-state index in [1.807, 2.05) is 0 Å². The molecular formula is C17H29NO2. The molecule has 0 amide bonds. The van der Waals surface area contributed by atoms with Crippen molar-refractivity contribution in [2.24, 2.45) is 0 Å². The maximum absolute atomic E-state index is 5.10. The average molecular weight is 279 g/mol. The highest BCUT2D eigenvalue weighted by molar-refractivity contribution is 5.21. The smallest absolute Gasteiger partial charge is 0.0713 e. The number of rotatable bonds is 12. The fourth-order valence-electron chi connectivity index (χ4n) is 2.18. The van der Waals surface area contributed by atoms with Gasteiger partial charge < -0.3 is 14.8 Å². The number of methoxy groups -OCH3 is 2. The molecule has 3 heteroatoms. The Bertz CT molecular complexity index is 324. The van der Waals surface area contributed by atoms with E-state index in [9.17, 15) is 0 Å². The lowest BCUT2D eigenvalue weighted by Crippen LogP contribution is -2.14. The second-order valence-electron chi connectivity index (χ2n) is 5.19. The molecule has 0 spiro atoms. The minimum Gasteiger partial charge on any atom is -0.385 e. The average Bonchev–Trinajstić information content (AvgIpc) is 2.47. The summed E-state index contributed by atoms with van der Waals surface area (Å²) in [6, 6.07) is 8.62. The van der Waals surface area contributed by atoms with Crippen molar-refractivity contribution in [3.8, 4) is 0 Å². The van der Waals surface area contributed by atoms with Crippen molar-refractivity contribution in [2.45, 2.75) is 45.3 Å². The van der Waals surface area contributed by atoms with Crippen LogP contribution in [0.5, 0.6) is 0 Å². The number of hydrogen-bond donors (Lipinski definition) is 1. The van der Waals surface area contributed by atoms with Crippen LogP contribution in [0.3, 0.4) is 0 Å². The minimum absolute atomic E-state index is 0.691. The summed E-state index contributed by atoms with van der Waals surface area (Å²) in [5.74, 6) is 0. The molecule has 20 heavy (non-hydrogen) atoms. The Labute approximate surface area is 123 Å². The second kappa shape index (κ2) is 11.9. The van der Waals surface area contributed by atoms with Gasteiger partial charge in [0, 0.05) is 27.4 Å². The molecule has 0 saturated heterocycles. The number of nitrogens with one attached hydrogen (secondary N) is 1. The van der Waals surface area contributed by atoms with Gasteiger partial charge in [0.15, 0.2) is 0 Å². The van der Waals surface area contributed by atoms with Crippen molar-refractivity contribution in [1.29, 1.82) is 0 Å². The second-order valence-corrected chi connectivity index (χ2v) is 5.19. The third kappa shape index (κ3) is 8.31. The van der Waals surface area contributed by atoms with Crippen molar-refractivity contribution in [1.82, 2.24) is 5.32 Å². The number of benzene rings is 1. The van der Waals surface area contributed by atoms with E-state index in [1.54, 1.807) is 14.2 Å². The molecule has 1 aromatic carbocycles. The Morgan fingerprint density at radius 3 is 2.15 bits per heavy atom.